The normalized spacial score (nSPS) is 11.0. The summed E-state index contributed by atoms with van der Waals surface area (Å²) >= 11 is 5.83. The third kappa shape index (κ3) is 3.93. The minimum absolute atomic E-state index is 0.223. The molecule has 0 spiro atoms. The second kappa shape index (κ2) is 6.87. The van der Waals surface area contributed by atoms with Crippen molar-refractivity contribution >= 4 is 22.6 Å². The number of hydrogen-bond acceptors (Lipinski definition) is 3. The maximum Gasteiger partial charge on any atom is 0.260 e. The number of aromatic nitrogens is 3. The standard InChI is InChI=1S/C17H15ClFN3O/c18-12-9-14-16(20-10-12)21-15(22-17(14)23)4-2-1-3-11-5-7-13(19)8-6-11/h5-10H,1-4H2,(H,20,21,22,23). The number of nitrogens with one attached hydrogen (secondary N) is 1. The first kappa shape index (κ1) is 15.6. The Morgan fingerprint density at radius 3 is 2.65 bits per heavy atom. The number of unbranched alkanes of at least 4 members (excludes halogenated alkanes) is 1. The maximum atomic E-state index is 12.8. The molecule has 3 aromatic rings. The van der Waals surface area contributed by atoms with Gasteiger partial charge in [0.2, 0.25) is 0 Å². The van der Waals surface area contributed by atoms with Gasteiger partial charge in [-0.25, -0.2) is 14.4 Å². The van der Waals surface area contributed by atoms with E-state index < -0.39 is 0 Å². The second-order valence-corrected chi connectivity index (χ2v) is 5.81. The van der Waals surface area contributed by atoms with E-state index >= 15 is 0 Å². The van der Waals surface area contributed by atoms with Gasteiger partial charge in [0, 0.05) is 12.6 Å². The van der Waals surface area contributed by atoms with Crippen LogP contribution in [0.5, 0.6) is 0 Å². The molecule has 0 saturated carbocycles. The lowest BCUT2D eigenvalue weighted by atomic mass is 10.1. The van der Waals surface area contributed by atoms with Crippen molar-refractivity contribution in [2.75, 3.05) is 0 Å². The maximum absolute atomic E-state index is 12.8. The fourth-order valence-electron chi connectivity index (χ4n) is 2.43. The molecule has 1 aromatic carbocycles. The highest BCUT2D eigenvalue weighted by Gasteiger charge is 2.06. The minimum atomic E-state index is -0.224. The molecule has 0 aliphatic rings. The SMILES string of the molecule is O=c1[nH]c(CCCCc2ccc(F)cc2)nc2ncc(Cl)cc12. The lowest BCUT2D eigenvalue weighted by molar-refractivity contribution is 0.626. The summed E-state index contributed by atoms with van der Waals surface area (Å²) < 4.78 is 12.8. The predicted molar refractivity (Wildman–Crippen MR) is 88.2 cm³/mol. The molecule has 0 unspecified atom stereocenters. The first-order valence-electron chi connectivity index (χ1n) is 7.41. The number of H-pyrrole nitrogens is 1. The molecule has 0 fully saturated rings. The highest BCUT2D eigenvalue weighted by atomic mass is 35.5. The smallest absolute Gasteiger partial charge is 0.260 e. The predicted octanol–water partition coefficient (Wildman–Crippen LogP) is 3.68. The van der Waals surface area contributed by atoms with Gasteiger partial charge in [-0.1, -0.05) is 23.7 Å². The fourth-order valence-corrected chi connectivity index (χ4v) is 2.59. The molecular weight excluding hydrogens is 317 g/mol. The second-order valence-electron chi connectivity index (χ2n) is 5.37. The van der Waals surface area contributed by atoms with Crippen LogP contribution in [0.4, 0.5) is 4.39 Å². The molecule has 0 atom stereocenters. The zero-order valence-electron chi connectivity index (χ0n) is 12.4. The Bertz CT molecular complexity index is 877. The van der Waals surface area contributed by atoms with Crippen molar-refractivity contribution in [2.24, 2.45) is 0 Å². The average Bonchev–Trinajstić information content (AvgIpc) is 2.54. The summed E-state index contributed by atoms with van der Waals surface area (Å²) in [6, 6.07) is 8.08. The van der Waals surface area contributed by atoms with Crippen LogP contribution in [-0.4, -0.2) is 15.0 Å². The van der Waals surface area contributed by atoms with E-state index in [0.29, 0.717) is 28.3 Å². The Kier molecular flexibility index (Phi) is 4.67. The van der Waals surface area contributed by atoms with Gasteiger partial charge in [-0.3, -0.25) is 4.79 Å². The molecule has 0 aliphatic heterocycles. The van der Waals surface area contributed by atoms with Gasteiger partial charge < -0.3 is 4.98 Å². The zero-order chi connectivity index (χ0) is 16.2. The molecule has 0 aliphatic carbocycles. The molecule has 0 saturated heterocycles. The summed E-state index contributed by atoms with van der Waals surface area (Å²) in [4.78, 5) is 23.2. The third-order valence-electron chi connectivity index (χ3n) is 3.62. The largest absolute Gasteiger partial charge is 0.310 e. The Hall–Kier alpha value is -2.27. The molecule has 0 bridgehead atoms. The van der Waals surface area contributed by atoms with Crippen LogP contribution >= 0.6 is 11.6 Å². The van der Waals surface area contributed by atoms with E-state index in [4.69, 9.17) is 11.6 Å². The van der Waals surface area contributed by atoms with Crippen LogP contribution in [0.25, 0.3) is 11.0 Å². The summed E-state index contributed by atoms with van der Waals surface area (Å²) in [5, 5.41) is 0.810. The lowest BCUT2D eigenvalue weighted by Gasteiger charge is -2.04. The van der Waals surface area contributed by atoms with Crippen molar-refractivity contribution in [3.8, 4) is 0 Å². The van der Waals surface area contributed by atoms with E-state index in [1.807, 2.05) is 0 Å². The number of nitrogens with zero attached hydrogens (tertiary/aromatic N) is 2. The van der Waals surface area contributed by atoms with E-state index in [9.17, 15) is 9.18 Å². The number of fused-ring (bicyclic) bond motifs is 1. The van der Waals surface area contributed by atoms with Gasteiger partial charge in [-0.15, -0.1) is 0 Å². The molecule has 0 radical (unpaired) electrons. The number of halogens is 2. The number of benzene rings is 1. The first-order chi connectivity index (χ1) is 11.1. The topological polar surface area (TPSA) is 58.6 Å². The Labute approximate surface area is 137 Å². The molecule has 6 heteroatoms. The Balaban J connectivity index is 1.62. The van der Waals surface area contributed by atoms with Crippen LogP contribution in [-0.2, 0) is 12.8 Å². The average molecular weight is 332 g/mol. The lowest BCUT2D eigenvalue weighted by Crippen LogP contribution is -2.12. The van der Waals surface area contributed by atoms with Crippen molar-refractivity contribution in [1.82, 2.24) is 15.0 Å². The zero-order valence-corrected chi connectivity index (χ0v) is 13.1. The Morgan fingerprint density at radius 1 is 1.13 bits per heavy atom. The van der Waals surface area contributed by atoms with E-state index in [2.05, 4.69) is 15.0 Å². The number of hydrogen-bond donors (Lipinski definition) is 1. The van der Waals surface area contributed by atoms with Gasteiger partial charge in [-0.05, 0) is 43.0 Å². The molecule has 1 N–H and O–H groups in total. The van der Waals surface area contributed by atoms with Crippen LogP contribution in [0, 0.1) is 5.82 Å². The van der Waals surface area contributed by atoms with Gasteiger partial charge in [0.25, 0.3) is 5.56 Å². The van der Waals surface area contributed by atoms with Crippen molar-refractivity contribution in [2.45, 2.75) is 25.7 Å². The van der Waals surface area contributed by atoms with E-state index in [0.717, 1.165) is 24.8 Å². The molecule has 2 heterocycles. The number of aryl methyl sites for hydroxylation is 2. The van der Waals surface area contributed by atoms with Crippen LogP contribution < -0.4 is 5.56 Å². The summed E-state index contributed by atoms with van der Waals surface area (Å²) in [5.74, 6) is 0.399. The third-order valence-corrected chi connectivity index (χ3v) is 3.83. The molecule has 0 amide bonds. The molecule has 4 nitrogen and oxygen atoms in total. The van der Waals surface area contributed by atoms with Crippen molar-refractivity contribution in [1.29, 1.82) is 0 Å². The Morgan fingerprint density at radius 2 is 1.87 bits per heavy atom. The number of pyridine rings is 1. The van der Waals surface area contributed by atoms with Crippen molar-refractivity contribution in [3.05, 3.63) is 69.1 Å². The van der Waals surface area contributed by atoms with Gasteiger partial charge in [-0.2, -0.15) is 0 Å². The van der Waals surface area contributed by atoms with E-state index in [1.165, 1.54) is 18.3 Å². The molecule has 2 aromatic heterocycles. The molecule has 3 rings (SSSR count). The highest BCUT2D eigenvalue weighted by Crippen LogP contribution is 2.12. The number of rotatable bonds is 5. The minimum Gasteiger partial charge on any atom is -0.310 e. The molecular formula is C17H15ClFN3O. The van der Waals surface area contributed by atoms with Crippen molar-refractivity contribution < 1.29 is 4.39 Å². The van der Waals surface area contributed by atoms with Crippen LogP contribution in [0.2, 0.25) is 5.02 Å². The van der Waals surface area contributed by atoms with Gasteiger partial charge in [0.05, 0.1) is 10.4 Å². The summed E-state index contributed by atoms with van der Waals surface area (Å²) in [6.45, 7) is 0. The fraction of sp³-hybridized carbons (Fsp3) is 0.235. The number of aromatic amines is 1. The van der Waals surface area contributed by atoms with Gasteiger partial charge in [0.1, 0.15) is 11.6 Å². The monoisotopic (exact) mass is 331 g/mol. The quantitative estimate of drug-likeness (QED) is 0.726. The van der Waals surface area contributed by atoms with Gasteiger partial charge >= 0.3 is 0 Å². The van der Waals surface area contributed by atoms with Crippen LogP contribution in [0.1, 0.15) is 24.2 Å². The summed E-state index contributed by atoms with van der Waals surface area (Å²) in [5.41, 5.74) is 1.29. The van der Waals surface area contributed by atoms with Gasteiger partial charge in [0.15, 0.2) is 5.65 Å². The van der Waals surface area contributed by atoms with E-state index in [1.54, 1.807) is 18.2 Å². The highest BCUT2D eigenvalue weighted by molar-refractivity contribution is 6.31. The first-order valence-corrected chi connectivity index (χ1v) is 7.78. The summed E-state index contributed by atoms with van der Waals surface area (Å²) in [7, 11) is 0. The van der Waals surface area contributed by atoms with Crippen LogP contribution in [0.15, 0.2) is 41.3 Å². The molecule has 23 heavy (non-hydrogen) atoms. The van der Waals surface area contributed by atoms with Crippen molar-refractivity contribution in [3.63, 3.8) is 0 Å². The van der Waals surface area contributed by atoms with Crippen LogP contribution in [0.3, 0.4) is 0 Å². The van der Waals surface area contributed by atoms with E-state index in [-0.39, 0.29) is 11.4 Å². The molecule has 118 valence electrons. The summed E-state index contributed by atoms with van der Waals surface area (Å²) in [6.07, 6.45) is 4.82.